The van der Waals surface area contributed by atoms with Crippen LogP contribution in [0, 0.1) is 0 Å². The van der Waals surface area contributed by atoms with Crippen molar-refractivity contribution in [1.82, 2.24) is 19.5 Å². The van der Waals surface area contributed by atoms with Crippen LogP contribution in [-0.4, -0.2) is 44.3 Å². The first-order valence-corrected chi connectivity index (χ1v) is 6.71. The molecule has 0 radical (unpaired) electrons. The van der Waals surface area contributed by atoms with Gasteiger partial charge in [-0.15, -0.1) is 10.2 Å². The van der Waals surface area contributed by atoms with E-state index in [4.69, 9.17) is 4.74 Å². The number of fused-ring (bicyclic) bond motifs is 1. The van der Waals surface area contributed by atoms with Gasteiger partial charge in [0, 0.05) is 19.3 Å². The molecule has 0 unspecified atom stereocenters. The van der Waals surface area contributed by atoms with Crippen molar-refractivity contribution in [2.45, 2.75) is 32.3 Å². The number of nitrogens with zero attached hydrogens (tertiary/aromatic N) is 4. The Balaban J connectivity index is 1.67. The summed E-state index contributed by atoms with van der Waals surface area (Å²) in [5.41, 5.74) is 0.377. The number of aromatic nitrogens is 3. The molecule has 1 saturated heterocycles. The SMILES string of the molecule is CC(C)(C)OC(=O)N1CC(c2nnc3ccccn23)C1. The van der Waals surface area contributed by atoms with E-state index in [1.54, 1.807) is 4.90 Å². The second-order valence-corrected chi connectivity index (χ2v) is 6.07. The zero-order chi connectivity index (χ0) is 14.3. The van der Waals surface area contributed by atoms with Crippen LogP contribution in [0.2, 0.25) is 0 Å². The summed E-state index contributed by atoms with van der Waals surface area (Å²) < 4.78 is 7.31. The minimum absolute atomic E-state index is 0.222. The maximum Gasteiger partial charge on any atom is 0.410 e. The number of likely N-dealkylation sites (tertiary alicyclic amines) is 1. The minimum atomic E-state index is -0.455. The quantitative estimate of drug-likeness (QED) is 0.798. The minimum Gasteiger partial charge on any atom is -0.444 e. The number of carbonyl (C=O) groups is 1. The highest BCUT2D eigenvalue weighted by Crippen LogP contribution is 2.27. The Morgan fingerprint density at radius 3 is 2.75 bits per heavy atom. The van der Waals surface area contributed by atoms with Gasteiger partial charge >= 0.3 is 6.09 Å². The summed E-state index contributed by atoms with van der Waals surface area (Å²) in [4.78, 5) is 13.6. The van der Waals surface area contributed by atoms with E-state index in [1.807, 2.05) is 49.6 Å². The van der Waals surface area contributed by atoms with Crippen LogP contribution in [0.15, 0.2) is 24.4 Å². The molecule has 3 heterocycles. The van der Waals surface area contributed by atoms with Crippen molar-refractivity contribution in [3.63, 3.8) is 0 Å². The Kier molecular flexibility index (Phi) is 2.88. The van der Waals surface area contributed by atoms with Gasteiger partial charge in [0.15, 0.2) is 5.65 Å². The van der Waals surface area contributed by atoms with Gasteiger partial charge in [0.2, 0.25) is 0 Å². The predicted octanol–water partition coefficient (Wildman–Crippen LogP) is 2.06. The predicted molar refractivity (Wildman–Crippen MR) is 73.5 cm³/mol. The van der Waals surface area contributed by atoms with E-state index in [-0.39, 0.29) is 12.0 Å². The Morgan fingerprint density at radius 1 is 1.30 bits per heavy atom. The first-order valence-electron chi connectivity index (χ1n) is 6.71. The molecule has 6 nitrogen and oxygen atoms in total. The van der Waals surface area contributed by atoms with Crippen LogP contribution in [0.3, 0.4) is 0 Å². The number of ether oxygens (including phenoxy) is 1. The highest BCUT2D eigenvalue weighted by Gasteiger charge is 2.36. The lowest BCUT2D eigenvalue weighted by atomic mass is 10.00. The fourth-order valence-electron chi connectivity index (χ4n) is 2.26. The number of amides is 1. The van der Waals surface area contributed by atoms with Crippen LogP contribution in [0.5, 0.6) is 0 Å². The standard InChI is InChI=1S/C14H18N4O2/c1-14(2,3)20-13(19)17-8-10(9-17)12-16-15-11-6-4-5-7-18(11)12/h4-7,10H,8-9H2,1-3H3. The summed E-state index contributed by atoms with van der Waals surface area (Å²) in [5, 5.41) is 8.35. The molecule has 0 saturated carbocycles. The molecule has 2 aromatic heterocycles. The van der Waals surface area contributed by atoms with Gasteiger partial charge in [0.25, 0.3) is 0 Å². The molecule has 1 fully saturated rings. The monoisotopic (exact) mass is 274 g/mol. The van der Waals surface area contributed by atoms with Gasteiger partial charge in [-0.3, -0.25) is 4.40 Å². The molecule has 20 heavy (non-hydrogen) atoms. The molecule has 6 heteroatoms. The van der Waals surface area contributed by atoms with E-state index >= 15 is 0 Å². The summed E-state index contributed by atoms with van der Waals surface area (Å²) in [6.45, 7) is 6.87. The first-order chi connectivity index (χ1) is 9.44. The van der Waals surface area contributed by atoms with Crippen LogP contribution in [0.4, 0.5) is 4.79 Å². The summed E-state index contributed by atoms with van der Waals surface area (Å²) in [5.74, 6) is 1.13. The van der Waals surface area contributed by atoms with Crippen LogP contribution in [0.25, 0.3) is 5.65 Å². The zero-order valence-corrected chi connectivity index (χ0v) is 11.9. The van der Waals surface area contributed by atoms with E-state index < -0.39 is 5.60 Å². The summed E-state index contributed by atoms with van der Waals surface area (Å²) in [7, 11) is 0. The largest absolute Gasteiger partial charge is 0.444 e. The molecule has 2 aromatic rings. The number of hydrogen-bond acceptors (Lipinski definition) is 4. The molecule has 1 aliphatic rings. The number of pyridine rings is 1. The molecule has 1 amide bonds. The van der Waals surface area contributed by atoms with Crippen LogP contribution < -0.4 is 0 Å². The van der Waals surface area contributed by atoms with Crippen molar-refractivity contribution in [3.05, 3.63) is 30.2 Å². The molecule has 106 valence electrons. The Morgan fingerprint density at radius 2 is 2.05 bits per heavy atom. The molecule has 1 aliphatic heterocycles. The smallest absolute Gasteiger partial charge is 0.410 e. The summed E-state index contributed by atoms with van der Waals surface area (Å²) in [6.07, 6.45) is 1.68. The van der Waals surface area contributed by atoms with Gasteiger partial charge in [-0.25, -0.2) is 4.79 Å². The third-order valence-corrected chi connectivity index (χ3v) is 3.24. The van der Waals surface area contributed by atoms with Gasteiger partial charge in [-0.05, 0) is 32.9 Å². The topological polar surface area (TPSA) is 59.7 Å². The molecule has 0 spiro atoms. The van der Waals surface area contributed by atoms with E-state index in [9.17, 15) is 4.79 Å². The van der Waals surface area contributed by atoms with E-state index in [0.717, 1.165) is 11.5 Å². The fraction of sp³-hybridized carbons (Fsp3) is 0.500. The van der Waals surface area contributed by atoms with Gasteiger partial charge < -0.3 is 9.64 Å². The summed E-state index contributed by atoms with van der Waals surface area (Å²) in [6, 6.07) is 5.80. The maximum atomic E-state index is 11.9. The van der Waals surface area contributed by atoms with Gasteiger partial charge in [-0.1, -0.05) is 6.07 Å². The third-order valence-electron chi connectivity index (χ3n) is 3.24. The van der Waals surface area contributed by atoms with Crippen molar-refractivity contribution in [3.8, 4) is 0 Å². The maximum absolute atomic E-state index is 11.9. The van der Waals surface area contributed by atoms with Crippen molar-refractivity contribution in [2.75, 3.05) is 13.1 Å². The second kappa shape index (κ2) is 4.47. The Bertz CT molecular complexity index is 638. The lowest BCUT2D eigenvalue weighted by molar-refractivity contribution is 0.00744. The highest BCUT2D eigenvalue weighted by molar-refractivity contribution is 5.69. The van der Waals surface area contributed by atoms with E-state index in [2.05, 4.69) is 10.2 Å². The van der Waals surface area contributed by atoms with Gasteiger partial charge in [0.05, 0.1) is 5.92 Å². The lowest BCUT2D eigenvalue weighted by Crippen LogP contribution is -2.50. The van der Waals surface area contributed by atoms with Crippen LogP contribution >= 0.6 is 0 Å². The number of carbonyl (C=O) groups excluding carboxylic acids is 1. The highest BCUT2D eigenvalue weighted by atomic mass is 16.6. The summed E-state index contributed by atoms with van der Waals surface area (Å²) >= 11 is 0. The van der Waals surface area contributed by atoms with Crippen molar-refractivity contribution in [1.29, 1.82) is 0 Å². The van der Waals surface area contributed by atoms with Crippen molar-refractivity contribution in [2.24, 2.45) is 0 Å². The van der Waals surface area contributed by atoms with Gasteiger partial charge in [0.1, 0.15) is 11.4 Å². The van der Waals surface area contributed by atoms with Gasteiger partial charge in [-0.2, -0.15) is 0 Å². The molecular formula is C14H18N4O2. The van der Waals surface area contributed by atoms with Crippen molar-refractivity contribution >= 4 is 11.7 Å². The lowest BCUT2D eigenvalue weighted by Gasteiger charge is -2.38. The zero-order valence-electron chi connectivity index (χ0n) is 11.9. The first kappa shape index (κ1) is 12.9. The van der Waals surface area contributed by atoms with Crippen LogP contribution in [-0.2, 0) is 4.74 Å². The van der Waals surface area contributed by atoms with Crippen LogP contribution in [0.1, 0.15) is 32.5 Å². The molecule has 0 aromatic carbocycles. The Labute approximate surface area is 117 Å². The molecule has 0 aliphatic carbocycles. The Hall–Kier alpha value is -2.11. The van der Waals surface area contributed by atoms with E-state index in [1.165, 1.54) is 0 Å². The molecule has 0 N–H and O–H groups in total. The molecule has 0 bridgehead atoms. The molecular weight excluding hydrogens is 256 g/mol. The normalized spacial score (nSPS) is 16.2. The number of hydrogen-bond donors (Lipinski definition) is 0. The third kappa shape index (κ3) is 2.33. The van der Waals surface area contributed by atoms with E-state index in [0.29, 0.717) is 13.1 Å². The second-order valence-electron chi connectivity index (χ2n) is 6.07. The average Bonchev–Trinajstić information content (AvgIpc) is 2.69. The molecule has 3 rings (SSSR count). The van der Waals surface area contributed by atoms with Crippen molar-refractivity contribution < 1.29 is 9.53 Å². The fourth-order valence-corrected chi connectivity index (χ4v) is 2.26. The number of rotatable bonds is 1. The molecule has 0 atom stereocenters. The average molecular weight is 274 g/mol.